The van der Waals surface area contributed by atoms with Crippen LogP contribution in [0, 0.1) is 5.92 Å². The number of hydrogen-bond acceptors (Lipinski definition) is 16. The molecule has 20 nitrogen and oxygen atoms in total. The summed E-state index contributed by atoms with van der Waals surface area (Å²) in [5, 5.41) is 35.7. The third kappa shape index (κ3) is 13.2. The highest BCUT2D eigenvalue weighted by molar-refractivity contribution is 7.80. The number of aliphatic hydroxyl groups excluding tert-OH is 3. The van der Waals surface area contributed by atoms with Crippen molar-refractivity contribution in [2.45, 2.75) is 94.7 Å². The molecule has 2 saturated heterocycles. The van der Waals surface area contributed by atoms with Crippen molar-refractivity contribution < 1.29 is 67.1 Å². The van der Waals surface area contributed by atoms with Crippen LogP contribution in [0.15, 0.2) is 52.2 Å². The van der Waals surface area contributed by atoms with E-state index < -0.39 is 99.3 Å². The van der Waals surface area contributed by atoms with Gasteiger partial charge in [0.25, 0.3) is 5.56 Å². The number of rotatable bonds is 20. The lowest BCUT2D eigenvalue weighted by Gasteiger charge is -2.42. The molecule has 0 spiro atoms. The molecule has 0 radical (unpaired) electrons. The van der Waals surface area contributed by atoms with E-state index in [4.69, 9.17) is 40.4 Å². The predicted octanol–water partition coefficient (Wildman–Crippen LogP) is 0.363. The quantitative estimate of drug-likeness (QED) is 0.0411. The molecule has 2 aromatic rings. The maximum absolute atomic E-state index is 12.8. The zero-order valence-corrected chi connectivity index (χ0v) is 32.5. The van der Waals surface area contributed by atoms with Gasteiger partial charge in [-0.2, -0.15) is 0 Å². The molecular weight excluding hydrogens is 783 g/mol. The zero-order valence-electron chi connectivity index (χ0n) is 30.8. The molecule has 10 atom stereocenters. The van der Waals surface area contributed by atoms with Gasteiger partial charge >= 0.3 is 19.7 Å². The fourth-order valence-corrected chi connectivity index (χ4v) is 7.17. The van der Waals surface area contributed by atoms with Gasteiger partial charge in [0, 0.05) is 45.4 Å². The highest BCUT2D eigenvalue weighted by Gasteiger charge is 2.50. The van der Waals surface area contributed by atoms with E-state index in [9.17, 15) is 44.0 Å². The summed E-state index contributed by atoms with van der Waals surface area (Å²) < 4.78 is 51.8. The van der Waals surface area contributed by atoms with E-state index in [0.29, 0.717) is 42.8 Å². The molecule has 4 rings (SSSR count). The Morgan fingerprint density at radius 3 is 2.46 bits per heavy atom. The smallest absolute Gasteiger partial charge is 0.431 e. The lowest BCUT2D eigenvalue weighted by Crippen LogP contribution is -2.64. The molecule has 1 aromatic carbocycles. The number of aromatic nitrogens is 2. The van der Waals surface area contributed by atoms with Gasteiger partial charge in [0.15, 0.2) is 6.29 Å². The molecule has 312 valence electrons. The van der Waals surface area contributed by atoms with Crippen molar-refractivity contribution in [3.63, 3.8) is 0 Å². The monoisotopic (exact) mass is 832 g/mol. The largest absolute Gasteiger partial charge is 0.508 e. The van der Waals surface area contributed by atoms with Crippen LogP contribution in [0.25, 0.3) is 0 Å². The van der Waals surface area contributed by atoms with Crippen LogP contribution in [0.5, 0.6) is 0 Å². The lowest BCUT2D eigenvalue weighted by molar-refractivity contribution is -0.270. The maximum atomic E-state index is 12.8. The molecule has 0 saturated carbocycles. The number of phosphoric acid groups is 1. The third-order valence-corrected chi connectivity index (χ3v) is 10.3. The number of ether oxygens (including phenoxy) is 5. The number of thiocarbonyl (C=S) groups is 1. The number of nitrogens with zero attached hydrogens (tertiary/aromatic N) is 1. The summed E-state index contributed by atoms with van der Waals surface area (Å²) in [6.45, 7) is 0.637. The number of carbonyl (C=O) groups is 2. The summed E-state index contributed by atoms with van der Waals surface area (Å²) >= 11 is 5.48. The summed E-state index contributed by atoms with van der Waals surface area (Å²) in [5.41, 5.74) is -0.739. The predicted molar refractivity (Wildman–Crippen MR) is 198 cm³/mol. The Kier molecular flexibility index (Phi) is 17.6. The lowest BCUT2D eigenvalue weighted by atomic mass is 9.94. The molecule has 56 heavy (non-hydrogen) atoms. The topological polar surface area (TPSA) is 276 Å². The van der Waals surface area contributed by atoms with Crippen LogP contribution in [0.4, 0.5) is 4.79 Å². The van der Waals surface area contributed by atoms with Crippen molar-refractivity contribution in [1.29, 1.82) is 0 Å². The summed E-state index contributed by atoms with van der Waals surface area (Å²) in [6.07, 6.45) is -6.21. The number of carbonyl (C=O) groups excluding carboxylic acids is 2. The number of hydrogen-bond donors (Lipinski definition) is 7. The van der Waals surface area contributed by atoms with E-state index in [2.05, 4.69) is 20.1 Å². The molecule has 1 amide bonds. The average Bonchev–Trinajstić information content (AvgIpc) is 3.49. The van der Waals surface area contributed by atoms with Crippen molar-refractivity contribution in [2.75, 3.05) is 33.5 Å². The van der Waals surface area contributed by atoms with Gasteiger partial charge in [-0.05, 0) is 37.7 Å². The van der Waals surface area contributed by atoms with Gasteiger partial charge < -0.3 is 54.5 Å². The van der Waals surface area contributed by atoms with Crippen LogP contribution >= 0.6 is 20.0 Å². The van der Waals surface area contributed by atoms with Crippen LogP contribution in [-0.2, 0) is 48.7 Å². The van der Waals surface area contributed by atoms with E-state index in [1.54, 1.807) is 24.3 Å². The fourth-order valence-electron chi connectivity index (χ4n) is 6.24. The van der Waals surface area contributed by atoms with Crippen LogP contribution in [0.3, 0.4) is 0 Å². The SMILES string of the molecule is COP(=O)(O)OC1[C@@H](COC(=O)OCc2ccccc2)O[C@@H](n2ccc(=O)[nH]c2=O)[C@H]1CCCNC(=S)CCCCO[C@@H]1O[C@H](CO)[C@H](O)[C@H](O)[C@H]1NC(C)=O. The van der Waals surface area contributed by atoms with E-state index in [1.165, 1.54) is 13.1 Å². The Labute approximate surface area is 327 Å². The van der Waals surface area contributed by atoms with Crippen molar-refractivity contribution in [3.05, 3.63) is 69.0 Å². The van der Waals surface area contributed by atoms with Gasteiger partial charge in [-0.1, -0.05) is 42.5 Å². The van der Waals surface area contributed by atoms with Gasteiger partial charge in [0.05, 0.1) is 11.6 Å². The highest BCUT2D eigenvalue weighted by Crippen LogP contribution is 2.50. The Morgan fingerprint density at radius 1 is 1.04 bits per heavy atom. The number of benzene rings is 1. The van der Waals surface area contributed by atoms with Gasteiger partial charge in [0.2, 0.25) is 5.91 Å². The maximum Gasteiger partial charge on any atom is 0.508 e. The Bertz CT molecular complexity index is 1750. The van der Waals surface area contributed by atoms with Crippen LogP contribution in [0.1, 0.15) is 50.8 Å². The third-order valence-electron chi connectivity index (χ3n) is 9.01. The first kappa shape index (κ1) is 45.1. The molecule has 2 fully saturated rings. The molecule has 2 aliphatic rings. The minimum Gasteiger partial charge on any atom is -0.431 e. The summed E-state index contributed by atoms with van der Waals surface area (Å²) in [6, 6.07) is 8.94. The second-order valence-electron chi connectivity index (χ2n) is 13.1. The Morgan fingerprint density at radius 2 is 1.79 bits per heavy atom. The number of aliphatic hydroxyl groups is 3. The molecular formula is C34H49N4O16PS. The van der Waals surface area contributed by atoms with Gasteiger partial charge in [-0.25, -0.2) is 14.2 Å². The second kappa shape index (κ2) is 21.8. The Balaban J connectivity index is 1.32. The van der Waals surface area contributed by atoms with E-state index in [1.807, 2.05) is 6.07 Å². The number of aromatic amines is 1. The first-order valence-electron chi connectivity index (χ1n) is 17.9. The first-order valence-corrected chi connectivity index (χ1v) is 19.8. The molecule has 2 unspecified atom stereocenters. The van der Waals surface area contributed by atoms with Crippen molar-refractivity contribution in [1.82, 2.24) is 20.2 Å². The highest BCUT2D eigenvalue weighted by atomic mass is 32.1. The molecule has 0 bridgehead atoms. The zero-order chi connectivity index (χ0) is 40.8. The minimum absolute atomic E-state index is 0.0698. The number of unbranched alkanes of at least 4 members (excludes halogenated alkanes) is 1. The minimum atomic E-state index is -4.64. The summed E-state index contributed by atoms with van der Waals surface area (Å²) in [4.78, 5) is 61.7. The van der Waals surface area contributed by atoms with Crippen LogP contribution in [-0.4, -0.2) is 123 Å². The van der Waals surface area contributed by atoms with E-state index >= 15 is 0 Å². The molecule has 7 N–H and O–H groups in total. The van der Waals surface area contributed by atoms with Crippen molar-refractivity contribution >= 4 is 37.1 Å². The molecule has 0 aliphatic carbocycles. The number of amides is 1. The average molecular weight is 833 g/mol. The van der Waals surface area contributed by atoms with E-state index in [0.717, 1.165) is 17.7 Å². The summed E-state index contributed by atoms with van der Waals surface area (Å²) in [5.74, 6) is -1.26. The second-order valence-corrected chi connectivity index (χ2v) is 15.1. The number of phosphoric ester groups is 1. The number of H-pyrrole nitrogens is 1. The van der Waals surface area contributed by atoms with Crippen LogP contribution < -0.4 is 21.9 Å². The van der Waals surface area contributed by atoms with Gasteiger partial charge in [-0.15, -0.1) is 0 Å². The molecule has 3 heterocycles. The fraction of sp³-hybridized carbons (Fsp3) is 0.618. The summed E-state index contributed by atoms with van der Waals surface area (Å²) in [7, 11) is -3.66. The van der Waals surface area contributed by atoms with Gasteiger partial charge in [0.1, 0.15) is 56.0 Å². The first-order chi connectivity index (χ1) is 26.7. The Hall–Kier alpha value is -3.60. The number of nitrogens with one attached hydrogen (secondary N) is 3. The van der Waals surface area contributed by atoms with Crippen LogP contribution in [0.2, 0.25) is 0 Å². The van der Waals surface area contributed by atoms with Gasteiger partial charge in [-0.3, -0.25) is 28.2 Å². The normalized spacial score (nSPS) is 27.2. The van der Waals surface area contributed by atoms with Crippen molar-refractivity contribution in [3.8, 4) is 0 Å². The molecule has 2 aliphatic heterocycles. The molecule has 22 heteroatoms. The van der Waals surface area contributed by atoms with Crippen molar-refractivity contribution in [2.24, 2.45) is 5.92 Å². The van der Waals surface area contributed by atoms with E-state index in [-0.39, 0.29) is 19.6 Å². The standard InChI is InChI=1S/C34H49N4O16PS/c1-20(40)36-27-29(43)28(42)23(17-39)53-32(27)49-16-7-6-12-26(56)35-14-8-11-22-30(54-55(46,47)48-2)24(52-31(22)38-15-13-25(41)37-33(38)44)19-51-34(45)50-18-21-9-4-3-5-10-21/h3-5,9-10,13,15,22-24,27-32,39,42-43H,6-8,11-12,14,16-19H2,1-2H3,(H,35,56)(H,36,40)(H,46,47)(H,37,41,44)/t22-,23+,24+,27+,28-,29+,30?,31+,32+/m0/s1. The molecule has 1 aromatic heterocycles.